The summed E-state index contributed by atoms with van der Waals surface area (Å²) in [5.74, 6) is -0.711. The summed E-state index contributed by atoms with van der Waals surface area (Å²) in [5.41, 5.74) is 2.10. The van der Waals surface area contributed by atoms with Gasteiger partial charge in [0.15, 0.2) is 5.76 Å². The van der Waals surface area contributed by atoms with Crippen LogP contribution in [-0.2, 0) is 9.53 Å². The Kier molecular flexibility index (Phi) is 4.74. The van der Waals surface area contributed by atoms with E-state index in [-0.39, 0.29) is 12.2 Å². The topological polar surface area (TPSA) is 107 Å². The second-order valence-electron chi connectivity index (χ2n) is 5.41. The average Bonchev–Trinajstić information content (AvgIpc) is 2.98. The molecule has 0 aliphatic carbocycles. The molecule has 0 spiro atoms. The van der Waals surface area contributed by atoms with Crippen molar-refractivity contribution in [3.63, 3.8) is 0 Å². The Labute approximate surface area is 148 Å². The summed E-state index contributed by atoms with van der Waals surface area (Å²) in [6.07, 6.45) is 3.37. The maximum absolute atomic E-state index is 11.7. The number of hydrogen-bond acceptors (Lipinski definition) is 7. The number of ether oxygens (including phenoxy) is 1. The molecule has 0 unspecified atom stereocenters. The number of aromatic nitrogens is 3. The number of aliphatic hydroxyl groups excluding tert-OH is 1. The van der Waals surface area contributed by atoms with Crippen molar-refractivity contribution < 1.29 is 14.6 Å². The highest BCUT2D eigenvalue weighted by Gasteiger charge is 2.19. The van der Waals surface area contributed by atoms with Crippen LogP contribution >= 0.6 is 0 Å². The van der Waals surface area contributed by atoms with E-state index in [1.807, 2.05) is 17.6 Å². The number of hydrogen-bond donors (Lipinski definition) is 1. The lowest BCUT2D eigenvalue weighted by molar-refractivity contribution is -0.138. The van der Waals surface area contributed by atoms with Crippen molar-refractivity contribution in [2.75, 3.05) is 6.61 Å². The maximum atomic E-state index is 11.7. The molecule has 0 atom stereocenters. The zero-order valence-electron chi connectivity index (χ0n) is 14.2. The molecule has 0 saturated heterocycles. The van der Waals surface area contributed by atoms with Crippen molar-refractivity contribution in [2.45, 2.75) is 13.8 Å². The van der Waals surface area contributed by atoms with Gasteiger partial charge in [0.25, 0.3) is 0 Å². The van der Waals surface area contributed by atoms with Crippen LogP contribution in [0, 0.1) is 11.8 Å². The highest BCUT2D eigenvalue weighted by atomic mass is 16.5. The Morgan fingerprint density at radius 1 is 1.27 bits per heavy atom. The van der Waals surface area contributed by atoms with Gasteiger partial charge in [-0.2, -0.15) is 0 Å². The largest absolute Gasteiger partial charge is 0.505 e. The zero-order chi connectivity index (χ0) is 18.7. The first-order valence-electron chi connectivity index (χ1n) is 7.90. The SMILES string of the molecule is CCOC(=O)/C(N=O)=C(/O)c1ccc(-n2c(C)nc3cnccc32)cc1. The summed E-state index contributed by atoms with van der Waals surface area (Å²) >= 11 is 0. The summed E-state index contributed by atoms with van der Waals surface area (Å²) in [5, 5.41) is 12.8. The van der Waals surface area contributed by atoms with Crippen molar-refractivity contribution in [1.29, 1.82) is 0 Å². The standard InChI is InChI=1S/C18H16N4O4/c1-3-26-18(24)16(21-25)17(23)12-4-6-13(7-5-12)22-11(2)20-14-10-19-9-8-15(14)22/h4-10,23H,3H2,1-2H3/b17-16-. The fraction of sp³-hybridized carbons (Fsp3) is 0.167. The molecule has 8 heteroatoms. The van der Waals surface area contributed by atoms with Gasteiger partial charge in [0.05, 0.1) is 18.3 Å². The Bertz CT molecular complexity index is 1010. The smallest absolute Gasteiger partial charge is 0.364 e. The van der Waals surface area contributed by atoms with Gasteiger partial charge in [-0.1, -0.05) is 0 Å². The molecule has 8 nitrogen and oxygen atoms in total. The van der Waals surface area contributed by atoms with Gasteiger partial charge in [0, 0.05) is 17.4 Å². The van der Waals surface area contributed by atoms with Crippen molar-refractivity contribution >= 4 is 22.8 Å². The van der Waals surface area contributed by atoms with Gasteiger partial charge in [0.1, 0.15) is 11.3 Å². The number of esters is 1. The molecule has 3 aromatic rings. The van der Waals surface area contributed by atoms with Crippen LogP contribution in [0.4, 0.5) is 0 Å². The minimum absolute atomic E-state index is 0.0753. The number of nitroso groups, excluding NO2 is 1. The van der Waals surface area contributed by atoms with E-state index in [0.29, 0.717) is 0 Å². The number of imidazole rings is 1. The normalized spacial score (nSPS) is 11.9. The number of aliphatic hydroxyl groups is 1. The van der Waals surface area contributed by atoms with E-state index in [1.165, 1.54) is 0 Å². The van der Waals surface area contributed by atoms with E-state index in [2.05, 4.69) is 15.1 Å². The highest BCUT2D eigenvalue weighted by molar-refractivity contribution is 5.95. The van der Waals surface area contributed by atoms with E-state index in [1.54, 1.807) is 43.6 Å². The van der Waals surface area contributed by atoms with Crippen LogP contribution in [0.3, 0.4) is 0 Å². The molecule has 0 bridgehead atoms. The molecule has 0 amide bonds. The van der Waals surface area contributed by atoms with Crippen molar-refractivity contribution in [1.82, 2.24) is 14.5 Å². The predicted octanol–water partition coefficient (Wildman–Crippen LogP) is 3.29. The van der Waals surface area contributed by atoms with Gasteiger partial charge in [-0.3, -0.25) is 9.55 Å². The van der Waals surface area contributed by atoms with Crippen LogP contribution in [-0.4, -0.2) is 32.2 Å². The molecule has 26 heavy (non-hydrogen) atoms. The molecule has 0 aliphatic heterocycles. The van der Waals surface area contributed by atoms with E-state index >= 15 is 0 Å². The van der Waals surface area contributed by atoms with Crippen LogP contribution in [0.1, 0.15) is 18.3 Å². The van der Waals surface area contributed by atoms with Gasteiger partial charge in [-0.25, -0.2) is 9.78 Å². The van der Waals surface area contributed by atoms with Crippen LogP contribution in [0.2, 0.25) is 0 Å². The average molecular weight is 352 g/mol. The molecular weight excluding hydrogens is 336 g/mol. The van der Waals surface area contributed by atoms with Gasteiger partial charge in [-0.05, 0) is 49.4 Å². The summed E-state index contributed by atoms with van der Waals surface area (Å²) < 4.78 is 6.65. The third-order valence-electron chi connectivity index (χ3n) is 3.81. The third kappa shape index (κ3) is 3.04. The number of nitrogens with zero attached hydrogens (tertiary/aromatic N) is 4. The second kappa shape index (κ2) is 7.14. The number of fused-ring (bicyclic) bond motifs is 1. The van der Waals surface area contributed by atoms with Gasteiger partial charge in [0.2, 0.25) is 5.70 Å². The number of carbonyl (C=O) groups is 1. The number of rotatable bonds is 5. The first-order valence-corrected chi connectivity index (χ1v) is 7.90. The summed E-state index contributed by atoms with van der Waals surface area (Å²) in [4.78, 5) is 31.1. The highest BCUT2D eigenvalue weighted by Crippen LogP contribution is 2.23. The van der Waals surface area contributed by atoms with Crippen LogP contribution in [0.15, 0.2) is 53.6 Å². The molecule has 1 N–H and O–H groups in total. The van der Waals surface area contributed by atoms with E-state index < -0.39 is 17.4 Å². The molecule has 132 valence electrons. The van der Waals surface area contributed by atoms with Crippen molar-refractivity contribution in [2.24, 2.45) is 5.18 Å². The van der Waals surface area contributed by atoms with Gasteiger partial charge < -0.3 is 9.84 Å². The number of aryl methyl sites for hydroxylation is 1. The fourth-order valence-corrected chi connectivity index (χ4v) is 2.66. The quantitative estimate of drug-likeness (QED) is 0.327. The minimum atomic E-state index is -0.965. The first kappa shape index (κ1) is 17.3. The lowest BCUT2D eigenvalue weighted by Crippen LogP contribution is -2.08. The number of benzene rings is 1. The van der Waals surface area contributed by atoms with E-state index in [4.69, 9.17) is 4.74 Å². The molecule has 2 aromatic heterocycles. The van der Waals surface area contributed by atoms with Gasteiger partial charge in [-0.15, -0.1) is 4.91 Å². The Morgan fingerprint density at radius 3 is 2.65 bits per heavy atom. The molecule has 2 heterocycles. The van der Waals surface area contributed by atoms with Crippen LogP contribution in [0.25, 0.3) is 22.5 Å². The summed E-state index contributed by atoms with van der Waals surface area (Å²) in [6, 6.07) is 8.51. The Balaban J connectivity index is 2.02. The predicted molar refractivity (Wildman–Crippen MR) is 95.6 cm³/mol. The minimum Gasteiger partial charge on any atom is -0.505 e. The fourth-order valence-electron chi connectivity index (χ4n) is 2.66. The Morgan fingerprint density at radius 2 is 2.00 bits per heavy atom. The molecule has 0 radical (unpaired) electrons. The molecular formula is C18H16N4O4. The van der Waals surface area contributed by atoms with Gasteiger partial charge >= 0.3 is 5.97 Å². The Hall–Kier alpha value is -3.55. The zero-order valence-corrected chi connectivity index (χ0v) is 14.2. The summed E-state index contributed by atoms with van der Waals surface area (Å²) in [7, 11) is 0. The van der Waals surface area contributed by atoms with Crippen LogP contribution in [0.5, 0.6) is 0 Å². The summed E-state index contributed by atoms with van der Waals surface area (Å²) in [6.45, 7) is 3.55. The first-order chi connectivity index (χ1) is 12.6. The van der Waals surface area contributed by atoms with Crippen molar-refractivity contribution in [3.8, 4) is 5.69 Å². The number of pyridine rings is 1. The van der Waals surface area contributed by atoms with E-state index in [0.717, 1.165) is 22.5 Å². The molecule has 0 saturated carbocycles. The van der Waals surface area contributed by atoms with E-state index in [9.17, 15) is 14.8 Å². The van der Waals surface area contributed by atoms with Crippen LogP contribution < -0.4 is 0 Å². The van der Waals surface area contributed by atoms with Crippen molar-refractivity contribution in [3.05, 3.63) is 64.7 Å². The molecule has 3 rings (SSSR count). The monoisotopic (exact) mass is 352 g/mol. The second-order valence-corrected chi connectivity index (χ2v) is 5.41. The maximum Gasteiger partial charge on any atom is 0.364 e. The molecule has 0 fully saturated rings. The third-order valence-corrected chi connectivity index (χ3v) is 3.81. The molecule has 0 aliphatic rings. The molecule has 1 aromatic carbocycles. The number of carbonyl (C=O) groups excluding carboxylic acids is 1. The lowest BCUT2D eigenvalue weighted by Gasteiger charge is -2.09. The lowest BCUT2D eigenvalue weighted by atomic mass is 10.1.